The average molecular weight is 221 g/mol. The fourth-order valence-corrected chi connectivity index (χ4v) is 2.59. The highest BCUT2D eigenvalue weighted by Gasteiger charge is 2.16. The Morgan fingerprint density at radius 3 is 2.80 bits per heavy atom. The van der Waals surface area contributed by atoms with Crippen molar-refractivity contribution in [2.45, 2.75) is 19.1 Å². The summed E-state index contributed by atoms with van der Waals surface area (Å²) in [4.78, 5) is 4.52. The van der Waals surface area contributed by atoms with Gasteiger partial charge in [0.1, 0.15) is 5.75 Å². The molecular weight excluding hydrogens is 206 g/mol. The van der Waals surface area contributed by atoms with Crippen LogP contribution in [0.3, 0.4) is 0 Å². The van der Waals surface area contributed by atoms with Gasteiger partial charge in [-0.1, -0.05) is 6.92 Å². The van der Waals surface area contributed by atoms with E-state index >= 15 is 0 Å². The fraction of sp³-hybridized carbons (Fsp3) is 0.417. The summed E-state index contributed by atoms with van der Waals surface area (Å²) >= 11 is 1.85. The number of rotatable bonds is 2. The zero-order chi connectivity index (χ0) is 10.8. The fourth-order valence-electron chi connectivity index (χ4n) is 1.65. The van der Waals surface area contributed by atoms with Crippen LogP contribution >= 0.6 is 11.8 Å². The van der Waals surface area contributed by atoms with E-state index in [0.29, 0.717) is 5.25 Å². The van der Waals surface area contributed by atoms with E-state index in [0.717, 1.165) is 22.9 Å². The number of benzene rings is 1. The topological polar surface area (TPSA) is 21.6 Å². The lowest BCUT2D eigenvalue weighted by atomic mass is 10.1. The van der Waals surface area contributed by atoms with Gasteiger partial charge in [-0.15, -0.1) is 11.8 Å². The summed E-state index contributed by atoms with van der Waals surface area (Å²) in [6, 6.07) is 6.23. The molecule has 80 valence electrons. The highest BCUT2D eigenvalue weighted by Crippen LogP contribution is 2.27. The van der Waals surface area contributed by atoms with Crippen molar-refractivity contribution in [3.05, 3.63) is 29.3 Å². The van der Waals surface area contributed by atoms with Gasteiger partial charge in [0.05, 0.1) is 18.7 Å². The molecule has 1 heterocycles. The van der Waals surface area contributed by atoms with Gasteiger partial charge in [-0.25, -0.2) is 0 Å². The molecule has 3 heteroatoms. The van der Waals surface area contributed by atoms with Gasteiger partial charge in [-0.3, -0.25) is 4.99 Å². The van der Waals surface area contributed by atoms with Gasteiger partial charge in [0, 0.05) is 10.8 Å². The third-order valence-corrected chi connectivity index (χ3v) is 3.59. The molecule has 0 aliphatic carbocycles. The molecule has 1 aliphatic heterocycles. The lowest BCUT2D eigenvalue weighted by Crippen LogP contribution is -1.97. The average Bonchev–Trinajstić information content (AvgIpc) is 2.65. The van der Waals surface area contributed by atoms with E-state index < -0.39 is 0 Å². The Bertz CT molecular complexity index is 401. The number of ether oxygens (including phenoxy) is 1. The van der Waals surface area contributed by atoms with E-state index in [1.54, 1.807) is 7.11 Å². The van der Waals surface area contributed by atoms with Crippen LogP contribution in [0.1, 0.15) is 18.1 Å². The van der Waals surface area contributed by atoms with Gasteiger partial charge >= 0.3 is 0 Å². The van der Waals surface area contributed by atoms with Crippen molar-refractivity contribution in [1.82, 2.24) is 0 Å². The van der Waals surface area contributed by atoms with Crippen LogP contribution < -0.4 is 4.74 Å². The Morgan fingerprint density at radius 1 is 1.47 bits per heavy atom. The maximum atomic E-state index is 5.24. The molecule has 2 nitrogen and oxygen atoms in total. The third-order valence-electron chi connectivity index (χ3n) is 2.45. The summed E-state index contributed by atoms with van der Waals surface area (Å²) in [5.74, 6) is 0.940. The minimum Gasteiger partial charge on any atom is -0.496 e. The Kier molecular flexibility index (Phi) is 3.00. The van der Waals surface area contributed by atoms with Crippen molar-refractivity contribution < 1.29 is 4.74 Å². The predicted molar refractivity (Wildman–Crippen MR) is 66.2 cm³/mol. The van der Waals surface area contributed by atoms with Crippen LogP contribution in [0.15, 0.2) is 23.2 Å². The number of aliphatic imine (C=N–C) groups is 1. The number of aryl methyl sites for hydroxylation is 1. The molecule has 0 fully saturated rings. The molecule has 0 bridgehead atoms. The molecular formula is C12H15NOS. The second-order valence-corrected chi connectivity index (χ2v) is 5.19. The van der Waals surface area contributed by atoms with Crippen LogP contribution in [0.25, 0.3) is 0 Å². The van der Waals surface area contributed by atoms with Crippen molar-refractivity contribution in [2.75, 3.05) is 13.7 Å². The zero-order valence-electron chi connectivity index (χ0n) is 9.28. The van der Waals surface area contributed by atoms with Crippen molar-refractivity contribution in [3.63, 3.8) is 0 Å². The molecule has 0 saturated heterocycles. The Hall–Kier alpha value is -0.960. The summed E-state index contributed by atoms with van der Waals surface area (Å²) in [5.41, 5.74) is 2.38. The van der Waals surface area contributed by atoms with Gasteiger partial charge in [-0.2, -0.15) is 0 Å². The zero-order valence-corrected chi connectivity index (χ0v) is 10.1. The van der Waals surface area contributed by atoms with E-state index in [4.69, 9.17) is 4.74 Å². The molecule has 0 aromatic heterocycles. The molecule has 0 saturated carbocycles. The monoisotopic (exact) mass is 221 g/mol. The van der Waals surface area contributed by atoms with E-state index in [1.165, 1.54) is 5.56 Å². The molecule has 1 aromatic carbocycles. The first-order valence-corrected chi connectivity index (χ1v) is 5.95. The van der Waals surface area contributed by atoms with E-state index in [-0.39, 0.29) is 0 Å². The first kappa shape index (κ1) is 10.6. The molecule has 1 aromatic rings. The summed E-state index contributed by atoms with van der Waals surface area (Å²) in [6.45, 7) is 5.20. The SMILES string of the molecule is COc1ccc(C2=NCC(C)S2)cc1C. The molecule has 2 rings (SSSR count). The minimum absolute atomic E-state index is 0.613. The van der Waals surface area contributed by atoms with Gasteiger partial charge in [0.2, 0.25) is 0 Å². The maximum Gasteiger partial charge on any atom is 0.121 e. The van der Waals surface area contributed by atoms with E-state index in [2.05, 4.69) is 31.0 Å². The van der Waals surface area contributed by atoms with E-state index in [9.17, 15) is 0 Å². The van der Waals surface area contributed by atoms with Crippen LogP contribution in [0.2, 0.25) is 0 Å². The lowest BCUT2D eigenvalue weighted by Gasteiger charge is -2.07. The Labute approximate surface area is 94.7 Å². The van der Waals surface area contributed by atoms with Crippen molar-refractivity contribution >= 4 is 16.8 Å². The maximum absolute atomic E-state index is 5.24. The predicted octanol–water partition coefficient (Wildman–Crippen LogP) is 2.89. The van der Waals surface area contributed by atoms with E-state index in [1.807, 2.05) is 17.8 Å². The molecule has 0 spiro atoms. The summed E-state index contributed by atoms with van der Waals surface area (Å²) in [5, 5.41) is 1.77. The highest BCUT2D eigenvalue weighted by atomic mass is 32.2. The largest absolute Gasteiger partial charge is 0.496 e. The number of hydrogen-bond acceptors (Lipinski definition) is 3. The number of hydrogen-bond donors (Lipinski definition) is 0. The van der Waals surface area contributed by atoms with Crippen LogP contribution in [0, 0.1) is 6.92 Å². The highest BCUT2D eigenvalue weighted by molar-refractivity contribution is 8.15. The summed E-state index contributed by atoms with van der Waals surface area (Å²) in [6.07, 6.45) is 0. The molecule has 15 heavy (non-hydrogen) atoms. The van der Waals surface area contributed by atoms with Crippen LogP contribution in [-0.2, 0) is 0 Å². The summed E-state index contributed by atoms with van der Waals surface area (Å²) < 4.78 is 5.24. The van der Waals surface area contributed by atoms with Gasteiger partial charge in [-0.05, 0) is 30.7 Å². The molecule has 0 N–H and O–H groups in total. The van der Waals surface area contributed by atoms with Crippen molar-refractivity contribution in [3.8, 4) is 5.75 Å². The van der Waals surface area contributed by atoms with Crippen LogP contribution in [0.5, 0.6) is 5.75 Å². The first-order chi connectivity index (χ1) is 7.20. The first-order valence-electron chi connectivity index (χ1n) is 5.07. The second kappa shape index (κ2) is 4.27. The second-order valence-electron chi connectivity index (χ2n) is 3.76. The van der Waals surface area contributed by atoms with Crippen LogP contribution in [0.4, 0.5) is 0 Å². The number of methoxy groups -OCH3 is 1. The minimum atomic E-state index is 0.613. The van der Waals surface area contributed by atoms with Gasteiger partial charge < -0.3 is 4.74 Å². The molecule has 1 aliphatic rings. The van der Waals surface area contributed by atoms with Crippen LogP contribution in [-0.4, -0.2) is 23.9 Å². The Balaban J connectivity index is 2.27. The summed E-state index contributed by atoms with van der Waals surface area (Å²) in [7, 11) is 1.70. The van der Waals surface area contributed by atoms with Crippen molar-refractivity contribution in [2.24, 2.45) is 4.99 Å². The normalized spacial score (nSPS) is 20.2. The smallest absolute Gasteiger partial charge is 0.121 e. The third kappa shape index (κ3) is 2.17. The standard InChI is InChI=1S/C12H15NOS/c1-8-6-10(4-5-11(8)14-3)12-13-7-9(2)15-12/h4-6,9H,7H2,1-3H3. The van der Waals surface area contributed by atoms with Gasteiger partial charge in [0.25, 0.3) is 0 Å². The molecule has 0 amide bonds. The lowest BCUT2D eigenvalue weighted by molar-refractivity contribution is 0.411. The quantitative estimate of drug-likeness (QED) is 0.766. The molecule has 1 unspecified atom stereocenters. The molecule has 0 radical (unpaired) electrons. The molecule has 1 atom stereocenters. The Morgan fingerprint density at radius 2 is 2.27 bits per heavy atom. The van der Waals surface area contributed by atoms with Crippen molar-refractivity contribution in [1.29, 1.82) is 0 Å². The number of thioether (sulfide) groups is 1. The number of nitrogens with zero attached hydrogens (tertiary/aromatic N) is 1. The van der Waals surface area contributed by atoms with Gasteiger partial charge in [0.15, 0.2) is 0 Å².